The zero-order valence-electron chi connectivity index (χ0n) is 14.0. The number of nitrogens with two attached hydrogens (primary N) is 1. The van der Waals surface area contributed by atoms with Gasteiger partial charge in [0.1, 0.15) is 0 Å². The van der Waals surface area contributed by atoms with Crippen molar-refractivity contribution >= 4 is 0 Å². The van der Waals surface area contributed by atoms with Gasteiger partial charge in [-0.05, 0) is 38.2 Å². The van der Waals surface area contributed by atoms with Crippen molar-refractivity contribution in [2.24, 2.45) is 5.73 Å². The van der Waals surface area contributed by atoms with Crippen molar-refractivity contribution in [1.29, 1.82) is 0 Å². The van der Waals surface area contributed by atoms with Crippen LogP contribution in [-0.2, 0) is 0 Å². The Labute approximate surface area is 132 Å². The third-order valence-corrected chi connectivity index (χ3v) is 4.29. The SMILES string of the molecule is COc1cc([C@@H]2CC=C[C@H](N(C)C)C2N)cc(OC)c1OC. The molecule has 0 radical (unpaired) electrons. The van der Waals surface area contributed by atoms with Gasteiger partial charge in [-0.2, -0.15) is 0 Å². The first kappa shape index (κ1) is 16.6. The summed E-state index contributed by atoms with van der Waals surface area (Å²) in [6.07, 6.45) is 5.28. The molecule has 0 saturated heterocycles. The van der Waals surface area contributed by atoms with Crippen LogP contribution >= 0.6 is 0 Å². The zero-order chi connectivity index (χ0) is 16.3. The molecule has 0 spiro atoms. The van der Waals surface area contributed by atoms with E-state index in [1.165, 1.54) is 0 Å². The average Bonchev–Trinajstić information content (AvgIpc) is 2.53. The standard InChI is InChI=1S/C17H26N2O3/c1-19(2)13-8-6-7-12(16(13)18)11-9-14(20-3)17(22-5)15(10-11)21-4/h6,8-10,12-13,16H,7,18H2,1-5H3/t12-,13-,16?/m0/s1. The van der Waals surface area contributed by atoms with Crippen LogP contribution in [0.1, 0.15) is 17.9 Å². The molecule has 22 heavy (non-hydrogen) atoms. The Bertz CT molecular complexity index is 518. The first-order valence-electron chi connectivity index (χ1n) is 7.42. The monoisotopic (exact) mass is 306 g/mol. The van der Waals surface area contributed by atoms with Crippen LogP contribution in [0.2, 0.25) is 0 Å². The predicted molar refractivity (Wildman–Crippen MR) is 88.0 cm³/mol. The molecule has 1 unspecified atom stereocenters. The molecule has 3 atom stereocenters. The molecule has 0 saturated carbocycles. The third-order valence-electron chi connectivity index (χ3n) is 4.29. The van der Waals surface area contributed by atoms with Crippen LogP contribution in [-0.4, -0.2) is 52.4 Å². The Morgan fingerprint density at radius 1 is 1.05 bits per heavy atom. The highest BCUT2D eigenvalue weighted by Crippen LogP contribution is 2.42. The number of hydrogen-bond donors (Lipinski definition) is 1. The summed E-state index contributed by atoms with van der Waals surface area (Å²) in [5.74, 6) is 2.16. The number of nitrogens with zero attached hydrogens (tertiary/aromatic N) is 1. The number of methoxy groups -OCH3 is 3. The second kappa shape index (κ2) is 7.03. The van der Waals surface area contributed by atoms with E-state index in [1.54, 1.807) is 21.3 Å². The molecule has 1 aromatic rings. The second-order valence-corrected chi connectivity index (χ2v) is 5.76. The summed E-state index contributed by atoms with van der Waals surface area (Å²) in [6, 6.07) is 4.23. The Balaban J connectivity index is 2.42. The molecular formula is C17H26N2O3. The summed E-state index contributed by atoms with van der Waals surface area (Å²) in [5, 5.41) is 0. The van der Waals surface area contributed by atoms with E-state index in [9.17, 15) is 0 Å². The van der Waals surface area contributed by atoms with Gasteiger partial charge in [0.15, 0.2) is 11.5 Å². The van der Waals surface area contributed by atoms with E-state index in [4.69, 9.17) is 19.9 Å². The molecule has 122 valence electrons. The van der Waals surface area contributed by atoms with Gasteiger partial charge in [0, 0.05) is 18.0 Å². The molecular weight excluding hydrogens is 280 g/mol. The van der Waals surface area contributed by atoms with Crippen molar-refractivity contribution in [3.63, 3.8) is 0 Å². The number of likely N-dealkylation sites (N-methyl/N-ethyl adjacent to an activating group) is 1. The second-order valence-electron chi connectivity index (χ2n) is 5.76. The highest BCUT2D eigenvalue weighted by atomic mass is 16.5. The molecule has 5 heteroatoms. The van der Waals surface area contributed by atoms with Gasteiger partial charge in [-0.3, -0.25) is 0 Å². The van der Waals surface area contributed by atoms with Gasteiger partial charge in [0.25, 0.3) is 0 Å². The van der Waals surface area contributed by atoms with Gasteiger partial charge in [-0.1, -0.05) is 12.2 Å². The molecule has 0 fully saturated rings. The fourth-order valence-corrected chi connectivity index (χ4v) is 3.08. The molecule has 1 aliphatic rings. The highest BCUT2D eigenvalue weighted by Gasteiger charge is 2.31. The summed E-state index contributed by atoms with van der Waals surface area (Å²) in [4.78, 5) is 2.14. The Kier molecular flexibility index (Phi) is 5.32. The van der Waals surface area contributed by atoms with Crippen LogP contribution in [0, 0.1) is 0 Å². The predicted octanol–water partition coefficient (Wildman–Crippen LogP) is 2.01. The van der Waals surface area contributed by atoms with Crippen LogP contribution < -0.4 is 19.9 Å². The van der Waals surface area contributed by atoms with Gasteiger partial charge in [-0.25, -0.2) is 0 Å². The highest BCUT2D eigenvalue weighted by molar-refractivity contribution is 5.55. The number of benzene rings is 1. The molecule has 1 aromatic carbocycles. The lowest BCUT2D eigenvalue weighted by Gasteiger charge is -2.36. The number of allylic oxidation sites excluding steroid dienone is 1. The minimum atomic E-state index is 0.0165. The summed E-state index contributed by atoms with van der Waals surface area (Å²) >= 11 is 0. The van der Waals surface area contributed by atoms with E-state index in [-0.39, 0.29) is 18.0 Å². The first-order chi connectivity index (χ1) is 10.5. The third kappa shape index (κ3) is 3.05. The van der Waals surface area contributed by atoms with Crippen LogP contribution in [0.4, 0.5) is 0 Å². The van der Waals surface area contributed by atoms with Gasteiger partial charge in [0.05, 0.1) is 21.3 Å². The number of rotatable bonds is 5. The zero-order valence-corrected chi connectivity index (χ0v) is 14.0. The van der Waals surface area contributed by atoms with Gasteiger partial charge < -0.3 is 24.8 Å². The normalized spacial score (nSPS) is 24.4. The molecule has 0 amide bonds. The molecule has 2 N–H and O–H groups in total. The molecule has 0 heterocycles. The lowest BCUT2D eigenvalue weighted by Crippen LogP contribution is -2.48. The maximum atomic E-state index is 6.50. The van der Waals surface area contributed by atoms with E-state index < -0.39 is 0 Å². The summed E-state index contributed by atoms with van der Waals surface area (Å²) in [5.41, 5.74) is 7.61. The number of ether oxygens (including phenoxy) is 3. The van der Waals surface area contributed by atoms with Crippen LogP contribution in [0.15, 0.2) is 24.3 Å². The Hall–Kier alpha value is -1.72. The van der Waals surface area contributed by atoms with E-state index in [0.717, 1.165) is 12.0 Å². The van der Waals surface area contributed by atoms with Gasteiger partial charge in [0.2, 0.25) is 5.75 Å². The van der Waals surface area contributed by atoms with Gasteiger partial charge in [-0.15, -0.1) is 0 Å². The van der Waals surface area contributed by atoms with Crippen LogP contribution in [0.3, 0.4) is 0 Å². The summed E-state index contributed by atoms with van der Waals surface area (Å²) < 4.78 is 16.3. The molecule has 0 aromatic heterocycles. The fourth-order valence-electron chi connectivity index (χ4n) is 3.08. The van der Waals surface area contributed by atoms with Crippen molar-refractivity contribution < 1.29 is 14.2 Å². The van der Waals surface area contributed by atoms with Crippen molar-refractivity contribution in [1.82, 2.24) is 4.90 Å². The smallest absolute Gasteiger partial charge is 0.203 e. The molecule has 0 bridgehead atoms. The largest absolute Gasteiger partial charge is 0.493 e. The molecule has 1 aliphatic carbocycles. The molecule has 0 aliphatic heterocycles. The quantitative estimate of drug-likeness (QED) is 0.843. The topological polar surface area (TPSA) is 57.0 Å². The molecule has 5 nitrogen and oxygen atoms in total. The van der Waals surface area contributed by atoms with Crippen molar-refractivity contribution in [3.05, 3.63) is 29.8 Å². The maximum absolute atomic E-state index is 6.50. The van der Waals surface area contributed by atoms with Crippen molar-refractivity contribution in [3.8, 4) is 17.2 Å². The summed E-state index contributed by atoms with van der Waals surface area (Å²) in [6.45, 7) is 0. The van der Waals surface area contributed by atoms with E-state index >= 15 is 0 Å². The number of hydrogen-bond acceptors (Lipinski definition) is 5. The van der Waals surface area contributed by atoms with Crippen LogP contribution in [0.25, 0.3) is 0 Å². The minimum absolute atomic E-state index is 0.0165. The lowest BCUT2D eigenvalue weighted by atomic mass is 9.81. The maximum Gasteiger partial charge on any atom is 0.203 e. The summed E-state index contributed by atoms with van der Waals surface area (Å²) in [7, 11) is 8.96. The van der Waals surface area contributed by atoms with Crippen LogP contribution in [0.5, 0.6) is 17.2 Å². The lowest BCUT2D eigenvalue weighted by molar-refractivity contribution is 0.267. The van der Waals surface area contributed by atoms with Crippen molar-refractivity contribution in [2.45, 2.75) is 24.4 Å². The van der Waals surface area contributed by atoms with Crippen molar-refractivity contribution in [2.75, 3.05) is 35.4 Å². The first-order valence-corrected chi connectivity index (χ1v) is 7.42. The Morgan fingerprint density at radius 3 is 2.09 bits per heavy atom. The minimum Gasteiger partial charge on any atom is -0.493 e. The average molecular weight is 306 g/mol. The van der Waals surface area contributed by atoms with Gasteiger partial charge >= 0.3 is 0 Å². The fraction of sp³-hybridized carbons (Fsp3) is 0.529. The van der Waals surface area contributed by atoms with E-state index in [1.807, 2.05) is 26.2 Å². The van der Waals surface area contributed by atoms with E-state index in [2.05, 4.69) is 17.1 Å². The Morgan fingerprint density at radius 2 is 1.64 bits per heavy atom. The molecule has 2 rings (SSSR count). The van der Waals surface area contributed by atoms with E-state index in [0.29, 0.717) is 17.2 Å².